The zero-order valence-corrected chi connectivity index (χ0v) is 24.6. The summed E-state index contributed by atoms with van der Waals surface area (Å²) < 4.78 is 40.9. The number of nitrogens with one attached hydrogen (secondary N) is 3. The van der Waals surface area contributed by atoms with Crippen molar-refractivity contribution in [3.8, 4) is 5.75 Å². The maximum atomic E-state index is 14.7. The van der Waals surface area contributed by atoms with Crippen LogP contribution in [0.15, 0.2) is 48.7 Å². The fourth-order valence-corrected chi connectivity index (χ4v) is 5.19. The molecule has 3 heterocycles. The molecule has 0 unspecified atom stereocenters. The standard InChI is InChI=1S/C32H37F2N5O4/c1-19-6-7-22(14-27(19)34)29(18-39-11-10-35-21(3)17-39)43-28-13-20(2)24(32(41)38-30-26(33)5-4-9-36-30)15-25(28)31(40)37-16-23-8-12-42-23/h4-7,9,13-15,21,23,29,35H,8,10-12,16-18H2,1-3H3,(H,37,40)(H,36,38,41)/t21-,23+,29-/m1/s1. The van der Waals surface area contributed by atoms with Crippen LogP contribution in [0, 0.1) is 25.5 Å². The Kier molecular flexibility index (Phi) is 9.64. The lowest BCUT2D eigenvalue weighted by atomic mass is 10.0. The number of pyridine rings is 1. The van der Waals surface area contributed by atoms with Crippen LogP contribution in [0.2, 0.25) is 0 Å². The zero-order valence-electron chi connectivity index (χ0n) is 24.6. The zero-order chi connectivity index (χ0) is 30.5. The maximum absolute atomic E-state index is 14.7. The number of aromatic nitrogens is 1. The van der Waals surface area contributed by atoms with Gasteiger partial charge in [0, 0.05) is 57.1 Å². The summed E-state index contributed by atoms with van der Waals surface area (Å²) in [5, 5.41) is 8.78. The third kappa shape index (κ3) is 7.54. The van der Waals surface area contributed by atoms with Gasteiger partial charge < -0.3 is 25.4 Å². The van der Waals surface area contributed by atoms with Crippen LogP contribution >= 0.6 is 0 Å². The van der Waals surface area contributed by atoms with Gasteiger partial charge in [0.15, 0.2) is 11.6 Å². The Morgan fingerprint density at radius 2 is 1.93 bits per heavy atom. The number of hydrogen-bond donors (Lipinski definition) is 3. The van der Waals surface area contributed by atoms with Gasteiger partial charge in [0.05, 0.1) is 11.7 Å². The van der Waals surface area contributed by atoms with Crippen LogP contribution < -0.4 is 20.7 Å². The molecule has 2 fully saturated rings. The molecule has 2 aliphatic rings. The highest BCUT2D eigenvalue weighted by atomic mass is 19.1. The van der Waals surface area contributed by atoms with Crippen molar-refractivity contribution in [2.45, 2.75) is 45.4 Å². The Morgan fingerprint density at radius 3 is 2.63 bits per heavy atom. The number of piperazine rings is 1. The predicted molar refractivity (Wildman–Crippen MR) is 158 cm³/mol. The first-order valence-corrected chi connectivity index (χ1v) is 14.5. The van der Waals surface area contributed by atoms with E-state index in [0.29, 0.717) is 36.4 Å². The number of ether oxygens (including phenoxy) is 2. The summed E-state index contributed by atoms with van der Waals surface area (Å²) in [5.41, 5.74) is 1.95. The van der Waals surface area contributed by atoms with Crippen molar-refractivity contribution in [3.05, 3.63) is 88.1 Å². The van der Waals surface area contributed by atoms with E-state index in [9.17, 15) is 18.4 Å². The lowest BCUT2D eigenvalue weighted by Crippen LogP contribution is -2.50. The summed E-state index contributed by atoms with van der Waals surface area (Å²) in [6.07, 6.45) is 1.53. The molecule has 3 N–H and O–H groups in total. The van der Waals surface area contributed by atoms with Crippen LogP contribution in [-0.4, -0.2) is 73.2 Å². The third-order valence-electron chi connectivity index (χ3n) is 7.80. The number of amides is 2. The van der Waals surface area contributed by atoms with Gasteiger partial charge in [-0.25, -0.2) is 13.8 Å². The number of anilines is 1. The molecule has 9 nitrogen and oxygen atoms in total. The highest BCUT2D eigenvalue weighted by Crippen LogP contribution is 2.31. The van der Waals surface area contributed by atoms with E-state index in [4.69, 9.17) is 9.47 Å². The molecule has 11 heteroatoms. The number of benzene rings is 2. The SMILES string of the molecule is Cc1ccc([C@@H](CN2CCN[C@H](C)C2)Oc2cc(C)c(C(=O)Nc3ncccc3F)cc2C(=O)NC[C@@H]2CCO2)cc1F. The molecule has 0 radical (unpaired) electrons. The molecule has 2 saturated heterocycles. The summed E-state index contributed by atoms with van der Waals surface area (Å²) in [6.45, 7) is 9.31. The van der Waals surface area contributed by atoms with Crippen LogP contribution in [0.4, 0.5) is 14.6 Å². The summed E-state index contributed by atoms with van der Waals surface area (Å²) in [4.78, 5) is 32.9. The minimum atomic E-state index is -0.678. The highest BCUT2D eigenvalue weighted by molar-refractivity contribution is 6.07. The van der Waals surface area contributed by atoms with Crippen LogP contribution in [-0.2, 0) is 4.74 Å². The topological polar surface area (TPSA) is 105 Å². The third-order valence-corrected chi connectivity index (χ3v) is 7.80. The van der Waals surface area contributed by atoms with Gasteiger partial charge in [-0.2, -0.15) is 0 Å². The Hall–Kier alpha value is -3.93. The molecule has 0 saturated carbocycles. The van der Waals surface area contributed by atoms with Gasteiger partial charge in [0.25, 0.3) is 11.8 Å². The van der Waals surface area contributed by atoms with Gasteiger partial charge in [0.2, 0.25) is 0 Å². The molecule has 2 aromatic carbocycles. The number of carbonyl (C=O) groups is 2. The lowest BCUT2D eigenvalue weighted by molar-refractivity contribution is -0.0473. The fraction of sp³-hybridized carbons (Fsp3) is 0.406. The average molecular weight is 594 g/mol. The van der Waals surface area contributed by atoms with Gasteiger partial charge in [-0.05, 0) is 74.2 Å². The van der Waals surface area contributed by atoms with Crippen LogP contribution in [0.25, 0.3) is 0 Å². The molecule has 3 aromatic rings. The summed E-state index contributed by atoms with van der Waals surface area (Å²) in [7, 11) is 0. The predicted octanol–water partition coefficient (Wildman–Crippen LogP) is 4.16. The first kappa shape index (κ1) is 30.5. The molecule has 0 bridgehead atoms. The average Bonchev–Trinajstić information content (AvgIpc) is 2.94. The largest absolute Gasteiger partial charge is 0.484 e. The van der Waals surface area contributed by atoms with Gasteiger partial charge in [-0.15, -0.1) is 0 Å². The molecule has 3 atom stereocenters. The van der Waals surface area contributed by atoms with Crippen molar-refractivity contribution in [1.82, 2.24) is 20.5 Å². The van der Waals surface area contributed by atoms with E-state index in [1.54, 1.807) is 26.0 Å². The van der Waals surface area contributed by atoms with E-state index in [2.05, 4.69) is 32.8 Å². The van der Waals surface area contributed by atoms with E-state index < -0.39 is 23.7 Å². The first-order valence-electron chi connectivity index (χ1n) is 14.5. The van der Waals surface area contributed by atoms with E-state index in [0.717, 1.165) is 26.1 Å². The maximum Gasteiger partial charge on any atom is 0.257 e. The Bertz CT molecular complexity index is 1480. The second-order valence-corrected chi connectivity index (χ2v) is 11.2. The summed E-state index contributed by atoms with van der Waals surface area (Å²) in [5.74, 6) is -2.06. The molecular formula is C32H37F2N5O4. The van der Waals surface area contributed by atoms with Crippen molar-refractivity contribution in [2.75, 3.05) is 44.6 Å². The van der Waals surface area contributed by atoms with Crippen molar-refractivity contribution in [1.29, 1.82) is 0 Å². The number of rotatable bonds is 10. The summed E-state index contributed by atoms with van der Waals surface area (Å²) >= 11 is 0. The minimum absolute atomic E-state index is 0.0772. The van der Waals surface area contributed by atoms with Gasteiger partial charge in [-0.1, -0.05) is 12.1 Å². The normalized spacial score (nSPS) is 19.3. The molecule has 0 aliphatic carbocycles. The van der Waals surface area contributed by atoms with Crippen molar-refractivity contribution in [2.24, 2.45) is 0 Å². The van der Waals surface area contributed by atoms with Gasteiger partial charge >= 0.3 is 0 Å². The van der Waals surface area contributed by atoms with E-state index in [1.807, 2.05) is 6.07 Å². The molecular weight excluding hydrogens is 556 g/mol. The fourth-order valence-electron chi connectivity index (χ4n) is 5.19. The molecule has 0 spiro atoms. The Morgan fingerprint density at radius 1 is 1.12 bits per heavy atom. The van der Waals surface area contributed by atoms with Crippen molar-refractivity contribution >= 4 is 17.6 Å². The number of halogens is 2. The number of hydrogen-bond acceptors (Lipinski definition) is 7. The molecule has 2 aliphatic heterocycles. The van der Waals surface area contributed by atoms with Crippen molar-refractivity contribution < 1.29 is 27.8 Å². The van der Waals surface area contributed by atoms with Crippen LogP contribution in [0.5, 0.6) is 5.75 Å². The minimum Gasteiger partial charge on any atom is -0.484 e. The van der Waals surface area contributed by atoms with E-state index in [-0.39, 0.29) is 40.7 Å². The highest BCUT2D eigenvalue weighted by Gasteiger charge is 2.27. The monoisotopic (exact) mass is 593 g/mol. The second-order valence-electron chi connectivity index (χ2n) is 11.2. The Labute approximate surface area is 250 Å². The summed E-state index contributed by atoms with van der Waals surface area (Å²) in [6, 6.07) is 11.0. The first-order chi connectivity index (χ1) is 20.7. The number of carbonyl (C=O) groups excluding carboxylic acids is 2. The molecule has 228 valence electrons. The lowest BCUT2D eigenvalue weighted by Gasteiger charge is -2.34. The van der Waals surface area contributed by atoms with Crippen LogP contribution in [0.3, 0.4) is 0 Å². The molecule has 43 heavy (non-hydrogen) atoms. The van der Waals surface area contributed by atoms with E-state index in [1.165, 1.54) is 30.5 Å². The van der Waals surface area contributed by atoms with Crippen LogP contribution in [0.1, 0.15) is 56.9 Å². The molecule has 5 rings (SSSR count). The second kappa shape index (κ2) is 13.6. The Balaban J connectivity index is 1.48. The van der Waals surface area contributed by atoms with Gasteiger partial charge in [-0.3, -0.25) is 14.5 Å². The number of aryl methyl sites for hydroxylation is 2. The smallest absolute Gasteiger partial charge is 0.257 e. The van der Waals surface area contributed by atoms with Crippen molar-refractivity contribution in [3.63, 3.8) is 0 Å². The molecule has 1 aromatic heterocycles. The number of nitrogens with zero attached hydrogens (tertiary/aromatic N) is 2. The van der Waals surface area contributed by atoms with Gasteiger partial charge in [0.1, 0.15) is 17.7 Å². The van der Waals surface area contributed by atoms with E-state index >= 15 is 0 Å². The quantitative estimate of drug-likeness (QED) is 0.324. The molecule has 2 amide bonds.